The van der Waals surface area contributed by atoms with Gasteiger partial charge in [0, 0.05) is 16.6 Å². The third-order valence-electron chi connectivity index (χ3n) is 6.87. The van der Waals surface area contributed by atoms with Gasteiger partial charge in [-0.3, -0.25) is 4.79 Å². The standard InChI is InChI=1S/C20H24ClNO/c1-13-6-16-4-2-3-5-17(16)22(13)18(23)19-8-14-7-15(9-19)11-20(21,10-14)12-19/h2-5,13-15H,6-12H2,1H3/t13-,14-,15+,19?,20?/m0/s1. The Hall–Kier alpha value is -1.02. The number of halogens is 1. The zero-order chi connectivity index (χ0) is 15.8. The molecule has 4 bridgehead atoms. The quantitative estimate of drug-likeness (QED) is 0.692. The summed E-state index contributed by atoms with van der Waals surface area (Å²) in [5.74, 6) is 1.71. The van der Waals surface area contributed by atoms with Crippen molar-refractivity contribution < 1.29 is 4.79 Å². The fraction of sp³-hybridized carbons (Fsp3) is 0.650. The lowest BCUT2D eigenvalue weighted by Crippen LogP contribution is -2.59. The number of carbonyl (C=O) groups excluding carboxylic acids is 1. The number of para-hydroxylation sites is 1. The Morgan fingerprint density at radius 3 is 2.57 bits per heavy atom. The monoisotopic (exact) mass is 329 g/mol. The summed E-state index contributed by atoms with van der Waals surface area (Å²) in [6, 6.07) is 8.70. The van der Waals surface area contributed by atoms with Crippen LogP contribution in [0, 0.1) is 17.3 Å². The van der Waals surface area contributed by atoms with Crippen molar-refractivity contribution >= 4 is 23.2 Å². The largest absolute Gasteiger partial charge is 0.309 e. The number of nitrogens with zero attached hydrogens (tertiary/aromatic N) is 1. The first-order valence-electron chi connectivity index (χ1n) is 9.09. The first-order valence-corrected chi connectivity index (χ1v) is 9.46. The van der Waals surface area contributed by atoms with Gasteiger partial charge in [-0.15, -0.1) is 11.6 Å². The highest BCUT2D eigenvalue weighted by Crippen LogP contribution is 2.64. The number of hydrogen-bond acceptors (Lipinski definition) is 1. The Morgan fingerprint density at radius 1 is 1.17 bits per heavy atom. The second-order valence-corrected chi connectivity index (χ2v) is 9.55. The number of anilines is 1. The molecule has 1 amide bonds. The van der Waals surface area contributed by atoms with E-state index >= 15 is 0 Å². The number of hydrogen-bond donors (Lipinski definition) is 0. The van der Waals surface area contributed by atoms with Gasteiger partial charge in [0.2, 0.25) is 5.91 Å². The highest BCUT2D eigenvalue weighted by molar-refractivity contribution is 6.24. The minimum Gasteiger partial charge on any atom is -0.309 e. The van der Waals surface area contributed by atoms with Crippen LogP contribution in [-0.4, -0.2) is 16.8 Å². The van der Waals surface area contributed by atoms with Gasteiger partial charge < -0.3 is 4.90 Å². The van der Waals surface area contributed by atoms with Crippen LogP contribution in [0.25, 0.3) is 0 Å². The number of carbonyl (C=O) groups is 1. The molecule has 2 unspecified atom stereocenters. The Balaban J connectivity index is 1.54. The number of benzene rings is 1. The summed E-state index contributed by atoms with van der Waals surface area (Å²) in [6.45, 7) is 2.19. The van der Waals surface area contributed by atoms with Crippen LogP contribution < -0.4 is 4.90 Å². The Labute approximate surface area is 143 Å². The molecule has 0 radical (unpaired) electrons. The zero-order valence-corrected chi connectivity index (χ0v) is 14.5. The molecule has 6 rings (SSSR count). The van der Waals surface area contributed by atoms with E-state index in [0.717, 1.165) is 44.2 Å². The van der Waals surface area contributed by atoms with Crippen LogP contribution in [0.4, 0.5) is 5.69 Å². The third kappa shape index (κ3) is 1.97. The van der Waals surface area contributed by atoms with Gasteiger partial charge >= 0.3 is 0 Å². The van der Waals surface area contributed by atoms with E-state index in [2.05, 4.69) is 36.1 Å². The van der Waals surface area contributed by atoms with E-state index in [9.17, 15) is 4.79 Å². The van der Waals surface area contributed by atoms with Crippen LogP contribution in [0.3, 0.4) is 0 Å². The number of rotatable bonds is 1. The van der Waals surface area contributed by atoms with Crippen LogP contribution >= 0.6 is 11.6 Å². The molecule has 5 aliphatic rings. The average Bonchev–Trinajstić information content (AvgIpc) is 2.79. The molecule has 0 aromatic heterocycles. The molecule has 4 fully saturated rings. The normalized spacial score (nSPS) is 43.7. The first-order chi connectivity index (χ1) is 11.0. The lowest BCUT2D eigenvalue weighted by molar-refractivity contribution is -0.142. The molecule has 0 N–H and O–H groups in total. The molecule has 1 aromatic rings. The molecule has 4 saturated carbocycles. The van der Waals surface area contributed by atoms with Crippen molar-refractivity contribution in [3.63, 3.8) is 0 Å². The highest BCUT2D eigenvalue weighted by atomic mass is 35.5. The Morgan fingerprint density at radius 2 is 1.87 bits per heavy atom. The van der Waals surface area contributed by atoms with Gasteiger partial charge in [-0.2, -0.15) is 0 Å². The van der Waals surface area contributed by atoms with Gasteiger partial charge in [0.1, 0.15) is 0 Å². The van der Waals surface area contributed by atoms with E-state index in [1.165, 1.54) is 12.0 Å². The summed E-state index contributed by atoms with van der Waals surface area (Å²) in [5.41, 5.74) is 2.28. The highest BCUT2D eigenvalue weighted by Gasteiger charge is 2.61. The van der Waals surface area contributed by atoms with Crippen LogP contribution in [0.15, 0.2) is 24.3 Å². The van der Waals surface area contributed by atoms with Crippen molar-refractivity contribution in [2.75, 3.05) is 4.90 Å². The average molecular weight is 330 g/mol. The molecular formula is C20H24ClNO. The number of alkyl halides is 1. The second kappa shape index (κ2) is 4.53. The molecule has 2 nitrogen and oxygen atoms in total. The van der Waals surface area contributed by atoms with Crippen molar-refractivity contribution in [2.45, 2.75) is 62.8 Å². The summed E-state index contributed by atoms with van der Waals surface area (Å²) >= 11 is 6.94. The predicted octanol–water partition coefficient (Wildman–Crippen LogP) is 4.54. The van der Waals surface area contributed by atoms with Gasteiger partial charge in [0.25, 0.3) is 0 Å². The second-order valence-electron chi connectivity index (χ2n) is 8.75. The summed E-state index contributed by atoms with van der Waals surface area (Å²) in [5, 5.41) is 0. The molecule has 1 heterocycles. The maximum Gasteiger partial charge on any atom is 0.233 e. The number of amides is 1. The maximum atomic E-state index is 13.7. The fourth-order valence-electron chi connectivity index (χ4n) is 6.53. The Bertz CT molecular complexity index is 670. The van der Waals surface area contributed by atoms with Crippen LogP contribution in [-0.2, 0) is 11.2 Å². The van der Waals surface area contributed by atoms with E-state index in [1.54, 1.807) is 0 Å². The van der Waals surface area contributed by atoms with Crippen molar-refractivity contribution in [1.29, 1.82) is 0 Å². The van der Waals surface area contributed by atoms with Crippen LogP contribution in [0.5, 0.6) is 0 Å². The molecule has 0 spiro atoms. The molecule has 5 atom stereocenters. The van der Waals surface area contributed by atoms with Gasteiger partial charge in [0.15, 0.2) is 0 Å². The predicted molar refractivity (Wildman–Crippen MR) is 92.8 cm³/mol. The van der Waals surface area contributed by atoms with Gasteiger partial charge in [-0.25, -0.2) is 0 Å². The van der Waals surface area contributed by atoms with Crippen molar-refractivity contribution in [3.8, 4) is 0 Å². The zero-order valence-electron chi connectivity index (χ0n) is 13.7. The van der Waals surface area contributed by atoms with Crippen molar-refractivity contribution in [1.82, 2.24) is 0 Å². The maximum absolute atomic E-state index is 13.7. The molecular weight excluding hydrogens is 306 g/mol. The van der Waals surface area contributed by atoms with Crippen LogP contribution in [0.2, 0.25) is 0 Å². The van der Waals surface area contributed by atoms with E-state index in [1.807, 2.05) is 0 Å². The van der Waals surface area contributed by atoms with Gasteiger partial charge in [0.05, 0.1) is 5.41 Å². The lowest BCUT2D eigenvalue weighted by Gasteiger charge is -2.59. The van der Waals surface area contributed by atoms with Crippen molar-refractivity contribution in [2.24, 2.45) is 17.3 Å². The summed E-state index contributed by atoms with van der Waals surface area (Å²) < 4.78 is 0. The van der Waals surface area contributed by atoms with Crippen molar-refractivity contribution in [3.05, 3.63) is 29.8 Å². The van der Waals surface area contributed by atoms with Gasteiger partial charge in [-0.1, -0.05) is 18.2 Å². The summed E-state index contributed by atoms with van der Waals surface area (Å²) in [6.07, 6.45) is 7.59. The summed E-state index contributed by atoms with van der Waals surface area (Å²) in [4.78, 5) is 15.7. The Kier molecular flexibility index (Phi) is 2.83. The SMILES string of the molecule is C[C@H]1Cc2ccccc2N1C(=O)C12C[C@@H]3C[C@@H](CC(Cl)(C3)C1)C2. The van der Waals surface area contributed by atoms with Gasteiger partial charge in [-0.05, 0) is 75.3 Å². The first kappa shape index (κ1) is 14.3. The molecule has 23 heavy (non-hydrogen) atoms. The topological polar surface area (TPSA) is 20.3 Å². The van der Waals surface area contributed by atoms with Crippen LogP contribution in [0.1, 0.15) is 51.0 Å². The molecule has 122 valence electrons. The minimum absolute atomic E-state index is 0.0950. The third-order valence-corrected chi connectivity index (χ3v) is 7.31. The lowest BCUT2D eigenvalue weighted by atomic mass is 9.49. The van der Waals surface area contributed by atoms with E-state index in [-0.39, 0.29) is 16.3 Å². The molecule has 4 aliphatic carbocycles. The molecule has 0 saturated heterocycles. The number of fused-ring (bicyclic) bond motifs is 1. The van der Waals surface area contributed by atoms with E-state index in [0.29, 0.717) is 17.7 Å². The minimum atomic E-state index is -0.183. The molecule has 1 aliphatic heterocycles. The fourth-order valence-corrected chi connectivity index (χ4v) is 7.22. The molecule has 1 aromatic carbocycles. The molecule has 3 heteroatoms. The smallest absolute Gasteiger partial charge is 0.233 e. The van der Waals surface area contributed by atoms with E-state index in [4.69, 9.17) is 11.6 Å². The van der Waals surface area contributed by atoms with E-state index < -0.39 is 0 Å². The summed E-state index contributed by atoms with van der Waals surface area (Å²) in [7, 11) is 0.